The maximum Gasteiger partial charge on any atom is 0.312 e. The second-order valence-electron chi connectivity index (χ2n) is 19.0. The number of alkyl halides is 1. The Morgan fingerprint density at radius 1 is 0.938 bits per heavy atom. The Bertz CT molecular complexity index is 1530. The van der Waals surface area contributed by atoms with Crippen molar-refractivity contribution >= 4 is 5.97 Å². The molecule has 6 aliphatic rings. The zero-order chi connectivity index (χ0) is 34.5. The summed E-state index contributed by atoms with van der Waals surface area (Å²) in [4.78, 5) is 12.7. The highest BCUT2D eigenvalue weighted by Gasteiger charge is 2.70. The molecular weight excluding hydrogens is 593 g/mol. The number of carbonyl (C=O) groups is 1. The van der Waals surface area contributed by atoms with E-state index in [1.54, 1.807) is 0 Å². The quantitative estimate of drug-likeness (QED) is 0.300. The lowest BCUT2D eigenvalue weighted by molar-refractivity contribution is -0.219. The molecule has 1 unspecified atom stereocenters. The second kappa shape index (κ2) is 11.4. The van der Waals surface area contributed by atoms with E-state index in [0.29, 0.717) is 48.9 Å². The molecule has 1 aromatic carbocycles. The van der Waals surface area contributed by atoms with Gasteiger partial charge in [0.25, 0.3) is 0 Å². The van der Waals surface area contributed by atoms with Crippen LogP contribution in [0, 0.1) is 62.6 Å². The topological polar surface area (TPSA) is 63.3 Å². The number of carboxylic acid groups (broad SMARTS) is 1. The highest BCUT2D eigenvalue weighted by Crippen LogP contribution is 2.76. The van der Waals surface area contributed by atoms with Crippen molar-refractivity contribution < 1.29 is 14.3 Å². The first kappa shape index (κ1) is 34.3. The molecule has 3 N–H and O–H groups in total. The van der Waals surface area contributed by atoms with E-state index in [-0.39, 0.29) is 33.1 Å². The van der Waals surface area contributed by atoms with Crippen molar-refractivity contribution in [3.63, 3.8) is 0 Å². The van der Waals surface area contributed by atoms with Gasteiger partial charge in [0, 0.05) is 11.5 Å². The predicted molar refractivity (Wildman–Crippen MR) is 194 cm³/mol. The number of carboxylic acids is 1. The fraction of sp³-hybridized carbons (Fsp3) is 0.705. The minimum absolute atomic E-state index is 0.0188. The van der Waals surface area contributed by atoms with Crippen LogP contribution in [-0.2, 0) is 11.2 Å². The molecule has 4 heteroatoms. The molecule has 0 radical (unpaired) electrons. The summed E-state index contributed by atoms with van der Waals surface area (Å²) in [6.45, 7) is 18.8. The SMILES string of the molecule is C=C(C)[C@@H]1CC[C@]2(N)CC[C@]3(C)[C@H](CC[C@@H]4[C@@]5(C)CC=C(C6=CC(Cc7ccccc7)[C@@](CF)(C(=O)O)CC6)C(C)(C)[C@@H]5CC[C@]43C)[C@@H]12. The van der Waals surface area contributed by atoms with Crippen LogP contribution in [0.15, 0.2) is 65.8 Å². The Hall–Kier alpha value is -2.20. The molecule has 0 bridgehead atoms. The third-order valence-corrected chi connectivity index (χ3v) is 17.0. The summed E-state index contributed by atoms with van der Waals surface area (Å²) in [6.07, 6.45) is 17.2. The number of halogens is 1. The molecule has 4 fully saturated rings. The second-order valence-corrected chi connectivity index (χ2v) is 19.0. The minimum atomic E-state index is -1.36. The molecule has 0 aromatic heterocycles. The summed E-state index contributed by atoms with van der Waals surface area (Å²) in [5, 5.41) is 10.4. The number of nitrogens with two attached hydrogens (primary N) is 1. The summed E-state index contributed by atoms with van der Waals surface area (Å²) < 4.78 is 14.8. The number of benzene rings is 1. The van der Waals surface area contributed by atoms with Gasteiger partial charge in [-0.25, -0.2) is 4.39 Å². The number of hydrogen-bond acceptors (Lipinski definition) is 2. The smallest absolute Gasteiger partial charge is 0.312 e. The molecule has 7 rings (SSSR count). The van der Waals surface area contributed by atoms with Crippen LogP contribution in [0.25, 0.3) is 0 Å². The average Bonchev–Trinajstić information content (AvgIpc) is 3.39. The molecular formula is C44H62FNO2. The summed E-state index contributed by atoms with van der Waals surface area (Å²) in [6, 6.07) is 10.0. The minimum Gasteiger partial charge on any atom is -0.481 e. The maximum absolute atomic E-state index is 14.8. The van der Waals surface area contributed by atoms with Crippen LogP contribution >= 0.6 is 0 Å². The summed E-state index contributed by atoms with van der Waals surface area (Å²) >= 11 is 0. The van der Waals surface area contributed by atoms with E-state index >= 15 is 0 Å². The van der Waals surface area contributed by atoms with Crippen LogP contribution < -0.4 is 5.73 Å². The van der Waals surface area contributed by atoms with Crippen LogP contribution in [0.3, 0.4) is 0 Å². The third kappa shape index (κ3) is 4.62. The average molecular weight is 656 g/mol. The van der Waals surface area contributed by atoms with E-state index in [9.17, 15) is 14.3 Å². The largest absolute Gasteiger partial charge is 0.481 e. The lowest BCUT2D eigenvalue weighted by Gasteiger charge is -2.72. The number of allylic oxidation sites excluding steroid dienone is 5. The van der Waals surface area contributed by atoms with Crippen molar-refractivity contribution in [2.24, 2.45) is 68.3 Å². The fourth-order valence-electron chi connectivity index (χ4n) is 14.2. The van der Waals surface area contributed by atoms with Gasteiger partial charge in [0.1, 0.15) is 12.1 Å². The van der Waals surface area contributed by atoms with Gasteiger partial charge in [-0.2, -0.15) is 0 Å². The zero-order valence-electron chi connectivity index (χ0n) is 30.7. The first-order chi connectivity index (χ1) is 22.6. The first-order valence-corrected chi connectivity index (χ1v) is 19.3. The van der Waals surface area contributed by atoms with Gasteiger partial charge in [-0.3, -0.25) is 4.79 Å². The van der Waals surface area contributed by atoms with Crippen molar-refractivity contribution in [1.82, 2.24) is 0 Å². The Balaban J connectivity index is 1.22. The first-order valence-electron chi connectivity index (χ1n) is 19.3. The van der Waals surface area contributed by atoms with Crippen LogP contribution in [0.2, 0.25) is 0 Å². The predicted octanol–water partition coefficient (Wildman–Crippen LogP) is 10.5. The zero-order valence-corrected chi connectivity index (χ0v) is 30.7. The Kier molecular flexibility index (Phi) is 8.14. The van der Waals surface area contributed by atoms with Gasteiger partial charge < -0.3 is 10.8 Å². The van der Waals surface area contributed by atoms with Gasteiger partial charge in [0.15, 0.2) is 0 Å². The van der Waals surface area contributed by atoms with E-state index in [0.717, 1.165) is 24.8 Å². The summed E-state index contributed by atoms with van der Waals surface area (Å²) in [7, 11) is 0. The third-order valence-electron chi connectivity index (χ3n) is 17.0. The molecule has 0 heterocycles. The monoisotopic (exact) mass is 655 g/mol. The Morgan fingerprint density at radius 2 is 1.67 bits per heavy atom. The van der Waals surface area contributed by atoms with Gasteiger partial charge in [-0.1, -0.05) is 89.3 Å². The number of rotatable bonds is 6. The van der Waals surface area contributed by atoms with E-state index in [4.69, 9.17) is 5.73 Å². The maximum atomic E-state index is 14.8. The normalized spacial score (nSPS) is 46.2. The molecule has 0 amide bonds. The molecule has 0 saturated heterocycles. The fourth-order valence-corrected chi connectivity index (χ4v) is 14.2. The number of fused-ring (bicyclic) bond motifs is 7. The van der Waals surface area contributed by atoms with E-state index < -0.39 is 18.1 Å². The van der Waals surface area contributed by atoms with Crippen molar-refractivity contribution in [2.45, 2.75) is 124 Å². The van der Waals surface area contributed by atoms with Crippen LogP contribution in [-0.4, -0.2) is 23.3 Å². The van der Waals surface area contributed by atoms with Crippen LogP contribution in [0.5, 0.6) is 0 Å². The Morgan fingerprint density at radius 3 is 2.33 bits per heavy atom. The van der Waals surface area contributed by atoms with E-state index in [2.05, 4.69) is 60.3 Å². The number of aliphatic carboxylic acids is 1. The van der Waals surface area contributed by atoms with Crippen molar-refractivity contribution in [2.75, 3.05) is 6.67 Å². The van der Waals surface area contributed by atoms with Crippen LogP contribution in [0.1, 0.15) is 118 Å². The van der Waals surface area contributed by atoms with Gasteiger partial charge in [0.05, 0.1) is 0 Å². The highest BCUT2D eigenvalue weighted by atomic mass is 19.1. The van der Waals surface area contributed by atoms with Gasteiger partial charge in [-0.15, -0.1) is 0 Å². The molecule has 262 valence electrons. The summed E-state index contributed by atoms with van der Waals surface area (Å²) in [5.41, 5.74) is 11.8. The number of hydrogen-bond donors (Lipinski definition) is 2. The lowest BCUT2D eigenvalue weighted by Crippen LogP contribution is -2.67. The lowest BCUT2D eigenvalue weighted by atomic mass is 9.33. The van der Waals surface area contributed by atoms with Gasteiger partial charge >= 0.3 is 5.97 Å². The molecule has 4 saturated carbocycles. The van der Waals surface area contributed by atoms with Crippen molar-refractivity contribution in [1.29, 1.82) is 0 Å². The van der Waals surface area contributed by atoms with E-state index in [1.165, 1.54) is 55.2 Å². The van der Waals surface area contributed by atoms with Crippen LogP contribution in [0.4, 0.5) is 4.39 Å². The Labute approximate surface area is 290 Å². The van der Waals surface area contributed by atoms with Gasteiger partial charge in [-0.05, 0) is 152 Å². The standard InChI is InChI=1S/C44H62FNO2/c1-28(2)32-16-22-44(46)24-23-41(6)34(37(32)44)13-14-36-40(5)19-17-33(39(3,4)35(40)18-20-42(36,41)7)30-15-21-43(27-45,38(47)48)31(26-30)25-29-11-9-8-10-12-29/h8-12,17,26,31-32,34-37H,1,13-16,18-25,27,46H2,2-7H3,(H,47,48)/t31?,32-,34+,35-,36+,37+,40-,41+,42+,43+,44-/m0/s1. The molecule has 3 nitrogen and oxygen atoms in total. The molecule has 11 atom stereocenters. The highest BCUT2D eigenvalue weighted by molar-refractivity contribution is 5.76. The molecule has 6 aliphatic carbocycles. The van der Waals surface area contributed by atoms with E-state index in [1.807, 2.05) is 30.3 Å². The molecule has 0 spiro atoms. The molecule has 0 aliphatic heterocycles. The van der Waals surface area contributed by atoms with Crippen molar-refractivity contribution in [3.8, 4) is 0 Å². The van der Waals surface area contributed by atoms with Crippen molar-refractivity contribution in [3.05, 3.63) is 71.3 Å². The molecule has 1 aromatic rings. The summed E-state index contributed by atoms with van der Waals surface area (Å²) in [5.74, 6) is 1.64. The van der Waals surface area contributed by atoms with Gasteiger partial charge in [0.2, 0.25) is 0 Å². The molecule has 48 heavy (non-hydrogen) atoms.